The molecule has 0 spiro atoms. The highest BCUT2D eigenvalue weighted by atomic mass is 16.6. The lowest BCUT2D eigenvalue weighted by Gasteiger charge is -2.42. The Balaban J connectivity index is 0.865. The molecule has 40 heavy (non-hydrogen) atoms. The summed E-state index contributed by atoms with van der Waals surface area (Å²) in [6.45, 7) is 0.983. The van der Waals surface area contributed by atoms with E-state index in [1.54, 1.807) is 0 Å². The van der Waals surface area contributed by atoms with Crippen LogP contribution >= 0.6 is 0 Å². The molecular weight excluding hydrogens is 510 g/mol. The molecular formula is C28H39N9O3. The molecule has 7 N–H and O–H groups in total. The number of nitriles is 1. The summed E-state index contributed by atoms with van der Waals surface area (Å²) in [6.07, 6.45) is 4.38. The summed E-state index contributed by atoms with van der Waals surface area (Å²) in [5.41, 5.74) is 9.16. The predicted molar refractivity (Wildman–Crippen MR) is 151 cm³/mol. The van der Waals surface area contributed by atoms with E-state index in [0.717, 1.165) is 55.5 Å². The molecule has 2 saturated heterocycles. The van der Waals surface area contributed by atoms with E-state index in [9.17, 15) is 15.5 Å². The summed E-state index contributed by atoms with van der Waals surface area (Å²) in [5.74, 6) is 1.36. The number of hydrogen-bond acceptors (Lipinski definition) is 12. The number of nitrogens with zero attached hydrogens (tertiary/aromatic N) is 5. The van der Waals surface area contributed by atoms with E-state index in [2.05, 4.69) is 62.2 Å². The van der Waals surface area contributed by atoms with Gasteiger partial charge >= 0.3 is 0 Å². The van der Waals surface area contributed by atoms with Crippen LogP contribution in [0.4, 0.5) is 11.4 Å². The number of amidine groups is 1. The Hall–Kier alpha value is -2.79. The number of aliphatic hydroxyl groups is 2. The van der Waals surface area contributed by atoms with Gasteiger partial charge in [-0.15, -0.1) is 0 Å². The molecule has 6 aliphatic rings. The zero-order chi connectivity index (χ0) is 27.6. The van der Waals surface area contributed by atoms with Gasteiger partial charge in [0.25, 0.3) is 0 Å². The predicted octanol–water partition coefficient (Wildman–Crippen LogP) is 0.299. The second-order valence-corrected chi connectivity index (χ2v) is 12.4. The van der Waals surface area contributed by atoms with Gasteiger partial charge in [-0.25, -0.2) is 4.99 Å². The van der Waals surface area contributed by atoms with Gasteiger partial charge in [0.1, 0.15) is 42.7 Å². The van der Waals surface area contributed by atoms with Gasteiger partial charge < -0.3 is 41.1 Å². The Kier molecular flexibility index (Phi) is 6.49. The topological polar surface area (TPSA) is 167 Å². The number of benzene rings is 1. The highest BCUT2D eigenvalue weighted by molar-refractivity contribution is 5.96. The zero-order valence-corrected chi connectivity index (χ0v) is 22.8. The maximum Gasteiger partial charge on any atom is 0.161 e. The summed E-state index contributed by atoms with van der Waals surface area (Å²) in [4.78, 5) is 12.6. The lowest BCUT2D eigenvalue weighted by molar-refractivity contribution is -0.0689. The zero-order valence-electron chi connectivity index (χ0n) is 22.8. The number of anilines is 2. The molecule has 4 aliphatic heterocycles. The molecule has 1 aromatic rings. The Labute approximate surface area is 234 Å². The van der Waals surface area contributed by atoms with Crippen LogP contribution in [0.15, 0.2) is 28.2 Å². The number of ether oxygens (including phenoxy) is 1. The Morgan fingerprint density at radius 1 is 1.20 bits per heavy atom. The lowest BCUT2D eigenvalue weighted by atomic mass is 9.76. The van der Waals surface area contributed by atoms with E-state index in [4.69, 9.17) is 10.5 Å². The summed E-state index contributed by atoms with van der Waals surface area (Å²) < 4.78 is 6.20. The van der Waals surface area contributed by atoms with E-state index < -0.39 is 30.7 Å². The number of rotatable bonds is 8. The molecule has 2 saturated carbocycles. The minimum absolute atomic E-state index is 0.216. The van der Waals surface area contributed by atoms with Crippen LogP contribution in [0.3, 0.4) is 0 Å². The van der Waals surface area contributed by atoms with Gasteiger partial charge in [-0.05, 0) is 69.2 Å². The van der Waals surface area contributed by atoms with Crippen LogP contribution < -0.4 is 21.7 Å². The van der Waals surface area contributed by atoms with E-state index in [0.29, 0.717) is 31.0 Å². The summed E-state index contributed by atoms with van der Waals surface area (Å²) >= 11 is 0. The monoisotopic (exact) mass is 549 g/mol. The molecule has 4 heterocycles. The first-order valence-electron chi connectivity index (χ1n) is 14.5. The molecule has 1 aromatic carbocycles. The van der Waals surface area contributed by atoms with Gasteiger partial charge in [-0.1, -0.05) is 6.07 Å². The number of nitrogens with one attached hydrogen (secondary N) is 3. The molecule has 3 unspecified atom stereocenters. The van der Waals surface area contributed by atoms with Crippen molar-refractivity contribution in [2.75, 3.05) is 30.9 Å². The molecule has 214 valence electrons. The number of nitrogens with two attached hydrogens (primary N) is 1. The fourth-order valence-corrected chi connectivity index (χ4v) is 6.95. The Morgan fingerprint density at radius 2 is 2.00 bits per heavy atom. The van der Waals surface area contributed by atoms with Crippen molar-refractivity contribution in [3.63, 3.8) is 0 Å². The highest BCUT2D eigenvalue weighted by Gasteiger charge is 2.50. The van der Waals surface area contributed by atoms with Crippen LogP contribution in [0, 0.1) is 17.2 Å². The van der Waals surface area contributed by atoms with Gasteiger partial charge in [-0.2, -0.15) is 5.26 Å². The van der Waals surface area contributed by atoms with Crippen molar-refractivity contribution in [1.29, 1.82) is 5.26 Å². The Morgan fingerprint density at radius 3 is 2.77 bits per heavy atom. The first-order valence-corrected chi connectivity index (χ1v) is 14.5. The van der Waals surface area contributed by atoms with Gasteiger partial charge in [0, 0.05) is 12.6 Å². The highest BCUT2D eigenvalue weighted by Crippen LogP contribution is 2.49. The van der Waals surface area contributed by atoms with Gasteiger partial charge in [0.15, 0.2) is 6.23 Å². The normalized spacial score (nSPS) is 38.6. The number of hydrogen-bond donors (Lipinski definition) is 6. The number of aliphatic imine (C=N–C) groups is 2. The quantitative estimate of drug-likeness (QED) is 0.265. The van der Waals surface area contributed by atoms with Crippen molar-refractivity contribution in [3.05, 3.63) is 23.8 Å². The molecule has 7 atom stereocenters. The van der Waals surface area contributed by atoms with E-state index >= 15 is 0 Å². The van der Waals surface area contributed by atoms with Crippen LogP contribution in [-0.2, 0) is 10.2 Å². The second kappa shape index (κ2) is 9.94. The first kappa shape index (κ1) is 26.1. The van der Waals surface area contributed by atoms with Gasteiger partial charge in [-0.3, -0.25) is 10.3 Å². The van der Waals surface area contributed by atoms with Crippen molar-refractivity contribution in [1.82, 2.24) is 15.1 Å². The first-order chi connectivity index (χ1) is 19.3. The average Bonchev–Trinajstić information content (AvgIpc) is 3.30. The number of likely N-dealkylation sites (N-methyl/N-ethyl adjacent to an activating group) is 1. The number of fused-ring (bicyclic) bond motifs is 2. The largest absolute Gasteiger partial charge is 0.387 e. The summed E-state index contributed by atoms with van der Waals surface area (Å²) in [7, 11) is 2.08. The molecule has 0 aromatic heterocycles. The third kappa shape index (κ3) is 4.45. The maximum atomic E-state index is 10.8. The molecule has 2 aliphatic carbocycles. The standard InChI is InChI=1S/C28H39N9O3/c1-36(11-20-23(38)24(39)27(40-20)37-14-33-22-25(30)31-13-32-26(22)37)17-8-15(9-17)2-5-21-34-18-4-3-16(10-19(18)35-21)28(12-29)6-7-28/h3-4,10,13,15,17,20-25,27,33-35,38-39H,2,5-9,11,14,30H2,1H3/t15?,17?,20-,21?,22?,23-,24-,25?,27-/m1/s1. The molecule has 4 fully saturated rings. The molecule has 12 heteroatoms. The lowest BCUT2D eigenvalue weighted by Crippen LogP contribution is -2.50. The minimum atomic E-state index is -1.03. The van der Waals surface area contributed by atoms with Crippen molar-refractivity contribution >= 4 is 23.5 Å². The van der Waals surface area contributed by atoms with Crippen molar-refractivity contribution in [2.24, 2.45) is 21.6 Å². The van der Waals surface area contributed by atoms with Gasteiger partial charge in [0.05, 0.1) is 35.7 Å². The fraction of sp³-hybridized carbons (Fsp3) is 0.679. The average molecular weight is 550 g/mol. The van der Waals surface area contributed by atoms with Crippen LogP contribution in [0.25, 0.3) is 0 Å². The maximum absolute atomic E-state index is 10.8. The summed E-state index contributed by atoms with van der Waals surface area (Å²) in [5, 5.41) is 41.6. The molecule has 7 rings (SSSR count). The molecule has 0 amide bonds. The minimum Gasteiger partial charge on any atom is -0.387 e. The van der Waals surface area contributed by atoms with E-state index in [1.165, 1.54) is 6.34 Å². The van der Waals surface area contributed by atoms with Crippen LogP contribution in [0.5, 0.6) is 0 Å². The molecule has 0 radical (unpaired) electrons. The van der Waals surface area contributed by atoms with Crippen LogP contribution in [0.2, 0.25) is 0 Å². The van der Waals surface area contributed by atoms with Gasteiger partial charge in [0.2, 0.25) is 0 Å². The molecule has 12 nitrogen and oxygen atoms in total. The van der Waals surface area contributed by atoms with Crippen LogP contribution in [0.1, 0.15) is 44.1 Å². The van der Waals surface area contributed by atoms with Crippen molar-refractivity contribution in [3.8, 4) is 6.07 Å². The second-order valence-electron chi connectivity index (χ2n) is 12.4. The van der Waals surface area contributed by atoms with Crippen LogP contribution in [-0.4, -0.2) is 101 Å². The van der Waals surface area contributed by atoms with Crippen molar-refractivity contribution in [2.45, 2.75) is 92.9 Å². The van der Waals surface area contributed by atoms with Crippen molar-refractivity contribution < 1.29 is 14.9 Å². The SMILES string of the molecule is CN(C[C@H]1O[C@@H](N2CNC3C2=NC=NC3N)[C@H](O)[C@@H]1O)C1CC(CCC2Nc3ccc(C4(C#N)CC4)cc3N2)C1. The molecule has 0 bridgehead atoms. The number of aliphatic hydroxyl groups excluding tert-OH is 2. The smallest absolute Gasteiger partial charge is 0.161 e. The Bertz CT molecular complexity index is 1240. The third-order valence-corrected chi connectivity index (χ3v) is 9.83. The third-order valence-electron chi connectivity index (χ3n) is 9.83. The fourth-order valence-electron chi connectivity index (χ4n) is 6.95. The van der Waals surface area contributed by atoms with E-state index in [1.807, 2.05) is 4.90 Å². The summed E-state index contributed by atoms with van der Waals surface area (Å²) in [6, 6.07) is 9.07. The van der Waals surface area contributed by atoms with E-state index in [-0.39, 0.29) is 17.6 Å².